The summed E-state index contributed by atoms with van der Waals surface area (Å²) in [6.45, 7) is 7.81. The van der Waals surface area contributed by atoms with Gasteiger partial charge in [0, 0.05) is 51.2 Å². The fraction of sp³-hybridized carbons (Fsp3) is 0.481. The molecule has 1 aliphatic carbocycles. The van der Waals surface area contributed by atoms with Gasteiger partial charge in [-0.1, -0.05) is 19.1 Å². The molecule has 0 radical (unpaired) electrons. The number of ketones is 1. The standard InChI is InChI=1S/C27H37N7O4/c1-17-12-18(2)14-19(13-17)4-5-22(35)32-8-10-33(11-9-32)27(37)25(36)20-15-30-24-23(20)21(38-3)16-31-26(24)34(29)7-6-28/h6-7,15-16,18-19,30H,1,4-5,8-14,28-29H2,2-3H3/b7-6-. The van der Waals surface area contributed by atoms with Crippen LogP contribution in [0, 0.1) is 11.8 Å². The number of Topliss-reactive ketones (excluding diaryl/α,β-unsaturated/α-hetero) is 1. The van der Waals surface area contributed by atoms with E-state index in [-0.39, 0.29) is 11.5 Å². The van der Waals surface area contributed by atoms with Crippen molar-refractivity contribution < 1.29 is 19.1 Å². The SMILES string of the molecule is C=C1CC(C)CC(CCC(=O)N2CCN(C(=O)C(=O)c3c[nH]c4c(N(N)/C=C\N)ncc(OC)c34)CC2)C1. The van der Waals surface area contributed by atoms with Gasteiger partial charge in [0.1, 0.15) is 5.75 Å². The Balaban J connectivity index is 1.39. The van der Waals surface area contributed by atoms with Gasteiger partial charge in [0.05, 0.1) is 29.8 Å². The molecular formula is C27H37N7O4. The number of hydrogen-bond donors (Lipinski definition) is 3. The van der Waals surface area contributed by atoms with Gasteiger partial charge in [-0.3, -0.25) is 19.4 Å². The maximum atomic E-state index is 13.3. The number of pyridine rings is 1. The van der Waals surface area contributed by atoms with Gasteiger partial charge in [0.2, 0.25) is 5.91 Å². The Kier molecular flexibility index (Phi) is 8.35. The topological polar surface area (TPSA) is 151 Å². The van der Waals surface area contributed by atoms with Crippen LogP contribution in [0.25, 0.3) is 10.9 Å². The number of rotatable bonds is 8. The molecule has 3 heterocycles. The number of ether oxygens (including phenoxy) is 1. The fourth-order valence-electron chi connectivity index (χ4n) is 5.64. The Labute approximate surface area is 222 Å². The Morgan fingerprint density at radius 3 is 2.61 bits per heavy atom. The van der Waals surface area contributed by atoms with E-state index in [1.807, 2.05) is 0 Å². The fourth-order valence-corrected chi connectivity index (χ4v) is 5.64. The highest BCUT2D eigenvalue weighted by atomic mass is 16.5. The molecule has 2 fully saturated rings. The van der Waals surface area contributed by atoms with E-state index in [1.165, 1.54) is 47.4 Å². The quantitative estimate of drug-likeness (QED) is 0.157. The van der Waals surface area contributed by atoms with Crippen LogP contribution in [0.5, 0.6) is 5.75 Å². The average molecular weight is 524 g/mol. The minimum atomic E-state index is -0.670. The molecule has 0 aromatic carbocycles. The van der Waals surface area contributed by atoms with Crippen LogP contribution in [-0.2, 0) is 9.59 Å². The van der Waals surface area contributed by atoms with Gasteiger partial charge in [-0.05, 0) is 37.5 Å². The minimum absolute atomic E-state index is 0.103. The molecule has 11 nitrogen and oxygen atoms in total. The van der Waals surface area contributed by atoms with Crippen LogP contribution < -0.4 is 21.3 Å². The van der Waals surface area contributed by atoms with E-state index >= 15 is 0 Å². The lowest BCUT2D eigenvalue weighted by molar-refractivity contribution is -0.137. The van der Waals surface area contributed by atoms with Crippen molar-refractivity contribution in [3.8, 4) is 5.75 Å². The van der Waals surface area contributed by atoms with Crippen molar-refractivity contribution in [2.75, 3.05) is 38.3 Å². The van der Waals surface area contributed by atoms with Crippen LogP contribution in [0.15, 0.2) is 36.9 Å². The highest BCUT2D eigenvalue weighted by Gasteiger charge is 2.31. The molecule has 2 unspecified atom stereocenters. The Morgan fingerprint density at radius 2 is 1.95 bits per heavy atom. The summed E-state index contributed by atoms with van der Waals surface area (Å²) >= 11 is 0. The third kappa shape index (κ3) is 5.67. The number of anilines is 1. The number of allylic oxidation sites excluding steroid dienone is 1. The first-order chi connectivity index (χ1) is 18.2. The van der Waals surface area contributed by atoms with E-state index in [2.05, 4.69) is 23.5 Å². The van der Waals surface area contributed by atoms with E-state index in [9.17, 15) is 14.4 Å². The molecule has 4 rings (SSSR count). The summed E-state index contributed by atoms with van der Waals surface area (Å²) in [6.07, 6.45) is 10.2. The number of fused-ring (bicyclic) bond motifs is 1. The number of nitrogens with two attached hydrogens (primary N) is 2. The van der Waals surface area contributed by atoms with Crippen molar-refractivity contribution in [3.63, 3.8) is 0 Å². The van der Waals surface area contributed by atoms with Gasteiger partial charge in [0.25, 0.3) is 11.7 Å². The van der Waals surface area contributed by atoms with E-state index in [1.54, 1.807) is 4.90 Å². The number of nitrogens with one attached hydrogen (secondary N) is 1. The predicted octanol–water partition coefficient (Wildman–Crippen LogP) is 2.31. The Hall–Kier alpha value is -3.86. The summed E-state index contributed by atoms with van der Waals surface area (Å²) in [5, 5.41) is 1.61. The predicted molar refractivity (Wildman–Crippen MR) is 145 cm³/mol. The Morgan fingerprint density at radius 1 is 1.24 bits per heavy atom. The number of aromatic nitrogens is 2. The van der Waals surface area contributed by atoms with Crippen LogP contribution in [0.3, 0.4) is 0 Å². The number of carbonyl (C=O) groups is 3. The van der Waals surface area contributed by atoms with Gasteiger partial charge in [-0.25, -0.2) is 10.8 Å². The average Bonchev–Trinajstić information content (AvgIpc) is 3.35. The molecular weight excluding hydrogens is 486 g/mol. The largest absolute Gasteiger partial charge is 0.494 e. The zero-order valence-corrected chi connectivity index (χ0v) is 22.1. The second-order valence-electron chi connectivity index (χ2n) is 10.3. The summed E-state index contributed by atoms with van der Waals surface area (Å²) in [7, 11) is 1.46. The summed E-state index contributed by atoms with van der Waals surface area (Å²) in [5.41, 5.74) is 7.32. The number of nitrogens with zero attached hydrogens (tertiary/aromatic N) is 4. The molecule has 204 valence electrons. The molecule has 2 aromatic rings. The molecule has 38 heavy (non-hydrogen) atoms. The van der Waals surface area contributed by atoms with E-state index in [0.29, 0.717) is 66.9 Å². The molecule has 5 N–H and O–H groups in total. The van der Waals surface area contributed by atoms with E-state index in [4.69, 9.17) is 16.3 Å². The minimum Gasteiger partial charge on any atom is -0.494 e. The van der Waals surface area contributed by atoms with E-state index in [0.717, 1.165) is 25.7 Å². The van der Waals surface area contributed by atoms with Crippen LogP contribution in [0.4, 0.5) is 5.82 Å². The number of aromatic amines is 1. The van der Waals surface area contributed by atoms with Crippen molar-refractivity contribution in [2.45, 2.75) is 39.0 Å². The van der Waals surface area contributed by atoms with Crippen molar-refractivity contribution in [2.24, 2.45) is 23.4 Å². The summed E-state index contributed by atoms with van der Waals surface area (Å²) < 4.78 is 5.40. The number of piperazine rings is 1. The second kappa shape index (κ2) is 11.7. The summed E-state index contributed by atoms with van der Waals surface area (Å²) in [5.74, 6) is 6.57. The van der Waals surface area contributed by atoms with E-state index < -0.39 is 11.7 Å². The number of methoxy groups -OCH3 is 1. The molecule has 2 amide bonds. The molecule has 1 saturated heterocycles. The van der Waals surface area contributed by atoms with Crippen molar-refractivity contribution in [1.82, 2.24) is 19.8 Å². The molecule has 11 heteroatoms. The lowest BCUT2D eigenvalue weighted by Crippen LogP contribution is -2.52. The highest BCUT2D eigenvalue weighted by Crippen LogP contribution is 2.35. The smallest absolute Gasteiger partial charge is 0.295 e. The third-order valence-corrected chi connectivity index (χ3v) is 7.44. The number of amides is 2. The first kappa shape index (κ1) is 27.2. The van der Waals surface area contributed by atoms with Crippen LogP contribution >= 0.6 is 0 Å². The normalized spacial score (nSPS) is 20.2. The molecule has 1 saturated carbocycles. The van der Waals surface area contributed by atoms with Crippen molar-refractivity contribution in [1.29, 1.82) is 0 Å². The molecule has 0 spiro atoms. The maximum absolute atomic E-state index is 13.3. The summed E-state index contributed by atoms with van der Waals surface area (Å²) in [4.78, 5) is 49.8. The van der Waals surface area contributed by atoms with Gasteiger partial charge in [0.15, 0.2) is 5.82 Å². The lowest BCUT2D eigenvalue weighted by atomic mass is 9.78. The third-order valence-electron chi connectivity index (χ3n) is 7.44. The van der Waals surface area contributed by atoms with Gasteiger partial charge in [-0.2, -0.15) is 0 Å². The van der Waals surface area contributed by atoms with Gasteiger partial charge < -0.3 is 25.3 Å². The summed E-state index contributed by atoms with van der Waals surface area (Å²) in [6, 6.07) is 0. The highest BCUT2D eigenvalue weighted by molar-refractivity contribution is 6.45. The van der Waals surface area contributed by atoms with Crippen LogP contribution in [0.1, 0.15) is 49.4 Å². The van der Waals surface area contributed by atoms with Crippen molar-refractivity contribution in [3.05, 3.63) is 42.5 Å². The molecule has 2 aromatic heterocycles. The first-order valence-electron chi connectivity index (χ1n) is 13.0. The maximum Gasteiger partial charge on any atom is 0.295 e. The Bertz CT molecular complexity index is 1250. The lowest BCUT2D eigenvalue weighted by Gasteiger charge is -2.35. The van der Waals surface area contributed by atoms with Crippen molar-refractivity contribution >= 4 is 34.3 Å². The van der Waals surface area contributed by atoms with Crippen LogP contribution in [0.2, 0.25) is 0 Å². The first-order valence-corrected chi connectivity index (χ1v) is 13.0. The van der Waals surface area contributed by atoms with Gasteiger partial charge >= 0.3 is 0 Å². The molecule has 2 aliphatic rings. The monoisotopic (exact) mass is 523 g/mol. The molecule has 1 aliphatic heterocycles. The number of H-pyrrole nitrogens is 1. The number of hydrazine groups is 1. The number of hydrogen-bond acceptors (Lipinski definition) is 8. The zero-order valence-electron chi connectivity index (χ0n) is 22.1. The molecule has 2 atom stereocenters. The van der Waals surface area contributed by atoms with Crippen LogP contribution in [-0.4, -0.2) is 70.7 Å². The second-order valence-corrected chi connectivity index (χ2v) is 10.3. The number of carbonyl (C=O) groups excluding carboxylic acids is 3. The zero-order chi connectivity index (χ0) is 27.4. The molecule has 0 bridgehead atoms. The van der Waals surface area contributed by atoms with Gasteiger partial charge in [-0.15, -0.1) is 0 Å².